The van der Waals surface area contributed by atoms with Crippen molar-refractivity contribution in [3.05, 3.63) is 29.2 Å². The zero-order chi connectivity index (χ0) is 16.3. The van der Waals surface area contributed by atoms with Crippen LogP contribution in [-0.2, 0) is 28.1 Å². The normalized spacial score (nSPS) is 11.7. The molecule has 22 heavy (non-hydrogen) atoms. The van der Waals surface area contributed by atoms with Crippen LogP contribution in [0.2, 0.25) is 0 Å². The second kappa shape index (κ2) is 6.29. The van der Waals surface area contributed by atoms with Crippen LogP contribution in [0.4, 0.5) is 0 Å². The van der Waals surface area contributed by atoms with E-state index in [-0.39, 0.29) is 24.4 Å². The van der Waals surface area contributed by atoms with E-state index in [0.29, 0.717) is 18.3 Å². The highest BCUT2D eigenvalue weighted by Gasteiger charge is 2.21. The first kappa shape index (κ1) is 16.2. The summed E-state index contributed by atoms with van der Waals surface area (Å²) in [5.74, 6) is 0.591. The van der Waals surface area contributed by atoms with E-state index in [2.05, 4.69) is 15.2 Å². The van der Waals surface area contributed by atoms with Gasteiger partial charge in [-0.3, -0.25) is 9.48 Å². The third kappa shape index (κ3) is 4.16. The predicted octanol–water partition coefficient (Wildman–Crippen LogP) is 2.31. The standard InChI is InChI=1S/C15H22N4O3/c1-10-8-11(2)19(17-10)7-6-13(20)21-9-12-16-14(18-22-12)15(3,4)5/h8H,6-7,9H2,1-5H3. The van der Waals surface area contributed by atoms with Gasteiger partial charge >= 0.3 is 5.97 Å². The summed E-state index contributed by atoms with van der Waals surface area (Å²) in [6.07, 6.45) is 0.252. The fourth-order valence-electron chi connectivity index (χ4n) is 1.93. The monoisotopic (exact) mass is 306 g/mol. The quantitative estimate of drug-likeness (QED) is 0.788. The molecular formula is C15H22N4O3. The Kier molecular flexibility index (Phi) is 4.63. The van der Waals surface area contributed by atoms with Crippen LogP contribution in [-0.4, -0.2) is 25.9 Å². The van der Waals surface area contributed by atoms with Crippen molar-refractivity contribution in [1.29, 1.82) is 0 Å². The Morgan fingerprint density at radius 3 is 2.64 bits per heavy atom. The molecule has 0 saturated carbocycles. The lowest BCUT2D eigenvalue weighted by atomic mass is 9.96. The van der Waals surface area contributed by atoms with Crippen molar-refractivity contribution in [2.45, 2.75) is 59.6 Å². The van der Waals surface area contributed by atoms with Crippen molar-refractivity contribution >= 4 is 5.97 Å². The van der Waals surface area contributed by atoms with E-state index in [1.54, 1.807) is 4.68 Å². The van der Waals surface area contributed by atoms with Gasteiger partial charge in [0.05, 0.1) is 18.7 Å². The first-order valence-electron chi connectivity index (χ1n) is 7.25. The maximum atomic E-state index is 11.8. The van der Waals surface area contributed by atoms with Crippen molar-refractivity contribution in [3.63, 3.8) is 0 Å². The Hall–Kier alpha value is -2.18. The van der Waals surface area contributed by atoms with E-state index >= 15 is 0 Å². The number of hydrogen-bond donors (Lipinski definition) is 0. The van der Waals surface area contributed by atoms with Gasteiger partial charge in [0.15, 0.2) is 12.4 Å². The number of aromatic nitrogens is 4. The van der Waals surface area contributed by atoms with E-state index in [4.69, 9.17) is 9.26 Å². The average Bonchev–Trinajstić information content (AvgIpc) is 3.00. The molecule has 0 unspecified atom stereocenters. The fraction of sp³-hybridized carbons (Fsp3) is 0.600. The van der Waals surface area contributed by atoms with E-state index in [1.807, 2.05) is 40.7 Å². The summed E-state index contributed by atoms with van der Waals surface area (Å²) in [7, 11) is 0. The highest BCUT2D eigenvalue weighted by molar-refractivity contribution is 5.69. The van der Waals surface area contributed by atoms with Gasteiger partial charge < -0.3 is 9.26 Å². The fourth-order valence-corrected chi connectivity index (χ4v) is 1.93. The number of aryl methyl sites for hydroxylation is 3. The minimum Gasteiger partial charge on any atom is -0.456 e. The average molecular weight is 306 g/mol. The van der Waals surface area contributed by atoms with E-state index in [0.717, 1.165) is 11.4 Å². The molecule has 0 spiro atoms. The van der Waals surface area contributed by atoms with Gasteiger partial charge in [-0.2, -0.15) is 10.1 Å². The number of nitrogens with zero attached hydrogens (tertiary/aromatic N) is 4. The molecule has 0 aliphatic heterocycles. The van der Waals surface area contributed by atoms with Gasteiger partial charge in [0.1, 0.15) is 0 Å². The van der Waals surface area contributed by atoms with Crippen molar-refractivity contribution in [1.82, 2.24) is 19.9 Å². The number of carbonyl (C=O) groups excluding carboxylic acids is 1. The zero-order valence-corrected chi connectivity index (χ0v) is 13.7. The van der Waals surface area contributed by atoms with Crippen LogP contribution < -0.4 is 0 Å². The molecule has 0 aromatic carbocycles. The molecule has 0 N–H and O–H groups in total. The van der Waals surface area contributed by atoms with Gasteiger partial charge in [-0.25, -0.2) is 0 Å². The minimum absolute atomic E-state index is 0.000962. The van der Waals surface area contributed by atoms with Gasteiger partial charge in [-0.1, -0.05) is 25.9 Å². The van der Waals surface area contributed by atoms with Crippen molar-refractivity contribution in [3.8, 4) is 0 Å². The lowest BCUT2D eigenvalue weighted by Gasteiger charge is -2.10. The van der Waals surface area contributed by atoms with Crippen molar-refractivity contribution in [2.75, 3.05) is 0 Å². The van der Waals surface area contributed by atoms with Gasteiger partial charge in [0, 0.05) is 11.1 Å². The first-order chi connectivity index (χ1) is 10.3. The van der Waals surface area contributed by atoms with Crippen LogP contribution in [0.3, 0.4) is 0 Å². The summed E-state index contributed by atoms with van der Waals surface area (Å²) in [5, 5.41) is 8.18. The summed E-state index contributed by atoms with van der Waals surface area (Å²) in [6, 6.07) is 1.97. The summed E-state index contributed by atoms with van der Waals surface area (Å²) in [6.45, 7) is 10.3. The zero-order valence-electron chi connectivity index (χ0n) is 13.7. The lowest BCUT2D eigenvalue weighted by molar-refractivity contribution is -0.146. The van der Waals surface area contributed by atoms with Gasteiger partial charge in [-0.05, 0) is 19.9 Å². The van der Waals surface area contributed by atoms with E-state index in [9.17, 15) is 4.79 Å². The first-order valence-corrected chi connectivity index (χ1v) is 7.25. The smallest absolute Gasteiger partial charge is 0.308 e. The second-order valence-electron chi connectivity index (χ2n) is 6.32. The van der Waals surface area contributed by atoms with Crippen LogP contribution in [0.1, 0.15) is 50.3 Å². The molecule has 0 aliphatic rings. The van der Waals surface area contributed by atoms with E-state index in [1.165, 1.54) is 0 Å². The number of hydrogen-bond acceptors (Lipinski definition) is 6. The summed E-state index contributed by atoms with van der Waals surface area (Å²) >= 11 is 0. The molecule has 2 aromatic rings. The van der Waals surface area contributed by atoms with Crippen LogP contribution in [0.25, 0.3) is 0 Å². The maximum absolute atomic E-state index is 11.8. The number of ether oxygens (including phenoxy) is 1. The van der Waals surface area contributed by atoms with Crippen LogP contribution in [0.5, 0.6) is 0 Å². The Labute approximate surface area is 129 Å². The molecule has 0 bridgehead atoms. The molecule has 2 aromatic heterocycles. The SMILES string of the molecule is Cc1cc(C)n(CCC(=O)OCc2nc(C(C)(C)C)no2)n1. The van der Waals surface area contributed by atoms with Gasteiger partial charge in [0.2, 0.25) is 0 Å². The Balaban J connectivity index is 1.80. The Morgan fingerprint density at radius 1 is 1.36 bits per heavy atom. The highest BCUT2D eigenvalue weighted by atomic mass is 16.6. The molecule has 0 aliphatic carbocycles. The summed E-state index contributed by atoms with van der Waals surface area (Å²) < 4.78 is 12.0. The number of carbonyl (C=O) groups is 1. The van der Waals surface area contributed by atoms with Crippen LogP contribution >= 0.6 is 0 Å². The molecule has 0 fully saturated rings. The van der Waals surface area contributed by atoms with Crippen LogP contribution in [0, 0.1) is 13.8 Å². The molecule has 2 heterocycles. The number of rotatable bonds is 5. The molecule has 0 atom stereocenters. The topological polar surface area (TPSA) is 83.0 Å². The maximum Gasteiger partial charge on any atom is 0.308 e. The van der Waals surface area contributed by atoms with Gasteiger partial charge in [-0.15, -0.1) is 0 Å². The third-order valence-electron chi connectivity index (χ3n) is 3.13. The summed E-state index contributed by atoms with van der Waals surface area (Å²) in [4.78, 5) is 16.0. The minimum atomic E-state index is -0.317. The largest absolute Gasteiger partial charge is 0.456 e. The highest BCUT2D eigenvalue weighted by Crippen LogP contribution is 2.18. The van der Waals surface area contributed by atoms with Gasteiger partial charge in [0.25, 0.3) is 5.89 Å². The molecule has 120 valence electrons. The lowest BCUT2D eigenvalue weighted by Crippen LogP contribution is -2.14. The number of esters is 1. The molecule has 0 amide bonds. The van der Waals surface area contributed by atoms with Crippen molar-refractivity contribution < 1.29 is 14.1 Å². The molecule has 0 radical (unpaired) electrons. The molecule has 7 nitrogen and oxygen atoms in total. The predicted molar refractivity (Wildman–Crippen MR) is 79.1 cm³/mol. The third-order valence-corrected chi connectivity index (χ3v) is 3.13. The Morgan fingerprint density at radius 2 is 2.09 bits per heavy atom. The van der Waals surface area contributed by atoms with E-state index < -0.39 is 0 Å². The summed E-state index contributed by atoms with van der Waals surface area (Å²) in [5.41, 5.74) is 1.77. The van der Waals surface area contributed by atoms with Crippen molar-refractivity contribution in [2.24, 2.45) is 0 Å². The molecule has 2 rings (SSSR count). The molecular weight excluding hydrogens is 284 g/mol. The molecule has 0 saturated heterocycles. The second-order valence-corrected chi connectivity index (χ2v) is 6.32. The Bertz CT molecular complexity index is 652. The van der Waals surface area contributed by atoms with Crippen LogP contribution in [0.15, 0.2) is 10.6 Å². The molecule has 7 heteroatoms.